The van der Waals surface area contributed by atoms with Crippen LogP contribution in [0.4, 0.5) is 11.9 Å². The zero-order chi connectivity index (χ0) is 22.3. The van der Waals surface area contributed by atoms with E-state index in [9.17, 15) is 14.4 Å². The molecule has 4 heterocycles. The van der Waals surface area contributed by atoms with E-state index in [1.807, 2.05) is 6.92 Å². The molecule has 4 aromatic rings. The molecule has 0 aromatic carbocycles. The molecule has 15 nitrogen and oxygen atoms in total. The Morgan fingerprint density at radius 2 is 1.39 bits per heavy atom. The van der Waals surface area contributed by atoms with Crippen LogP contribution in [0.2, 0.25) is 0 Å². The molecule has 15 heteroatoms. The number of nitrogens with two attached hydrogens (primary N) is 2. The van der Waals surface area contributed by atoms with Gasteiger partial charge in [0.25, 0.3) is 22.7 Å². The fourth-order valence-electron chi connectivity index (χ4n) is 3.39. The summed E-state index contributed by atoms with van der Waals surface area (Å²) in [6.07, 6.45) is 2.36. The number of carbonyl (C=O) groups excluding carboxylic acids is 1. The molecule has 0 radical (unpaired) electrons. The van der Waals surface area contributed by atoms with Crippen molar-refractivity contribution in [3.05, 3.63) is 32.1 Å². The summed E-state index contributed by atoms with van der Waals surface area (Å²) in [4.78, 5) is 47.7. The predicted molar refractivity (Wildman–Crippen MR) is 107 cm³/mol. The van der Waals surface area contributed by atoms with Gasteiger partial charge in [0.05, 0.1) is 0 Å². The number of H-pyrrole nitrogens is 2. The molecule has 162 valence electrons. The van der Waals surface area contributed by atoms with Crippen molar-refractivity contribution in [1.82, 2.24) is 49.6 Å². The predicted octanol–water partition coefficient (Wildman–Crippen LogP) is -1.44. The summed E-state index contributed by atoms with van der Waals surface area (Å²) >= 11 is 0. The second-order valence-electron chi connectivity index (χ2n) is 7.20. The van der Waals surface area contributed by atoms with Crippen LogP contribution in [0.3, 0.4) is 0 Å². The summed E-state index contributed by atoms with van der Waals surface area (Å²) < 4.78 is 2.15. The highest BCUT2D eigenvalue weighted by Gasteiger charge is 2.44. The van der Waals surface area contributed by atoms with Gasteiger partial charge in [-0.2, -0.15) is 9.03 Å². The topological polar surface area (TPSA) is 221 Å². The minimum absolute atomic E-state index is 0.0380. The van der Waals surface area contributed by atoms with E-state index in [1.165, 1.54) is 6.92 Å². The van der Waals surface area contributed by atoms with Crippen LogP contribution in [-0.2, 0) is 10.2 Å². The Morgan fingerprint density at radius 1 is 0.903 bits per heavy atom. The Bertz CT molecular complexity index is 1320. The number of hydrogen-bond acceptors (Lipinski definition) is 11. The first-order valence-electron chi connectivity index (χ1n) is 9.53. The monoisotopic (exact) mass is 428 g/mol. The van der Waals surface area contributed by atoms with Gasteiger partial charge in [-0.05, 0) is 13.3 Å². The van der Waals surface area contributed by atoms with Crippen LogP contribution in [0.5, 0.6) is 0 Å². The van der Waals surface area contributed by atoms with Gasteiger partial charge in [-0.15, -0.1) is 20.4 Å². The average molecular weight is 428 g/mol. The van der Waals surface area contributed by atoms with Crippen LogP contribution in [0, 0.1) is 0 Å². The standard InChI is InChI=1S/C16H20N12O3/c1-3-4-5-6-7(29)16(2,8-10(30)25-27-12(17)21-23-14(27)19-8)9-11(31)26-28-13(18)22-24-15(28)20-9/h3-6H2,1-2H3,(H2,17,21)(H2,18,22)(H,25,30)(H,26,31). The summed E-state index contributed by atoms with van der Waals surface area (Å²) in [6, 6.07) is 0. The molecule has 0 fully saturated rings. The van der Waals surface area contributed by atoms with Crippen LogP contribution in [-0.4, -0.2) is 55.4 Å². The molecule has 31 heavy (non-hydrogen) atoms. The van der Waals surface area contributed by atoms with Gasteiger partial charge < -0.3 is 11.5 Å². The van der Waals surface area contributed by atoms with Gasteiger partial charge in [0.2, 0.25) is 11.9 Å². The van der Waals surface area contributed by atoms with Crippen LogP contribution >= 0.6 is 0 Å². The van der Waals surface area contributed by atoms with Crippen molar-refractivity contribution >= 4 is 29.2 Å². The highest BCUT2D eigenvalue weighted by Crippen LogP contribution is 2.29. The molecule has 0 atom stereocenters. The molecule has 4 aromatic heterocycles. The number of ketones is 1. The maximum atomic E-state index is 13.4. The summed E-state index contributed by atoms with van der Waals surface area (Å²) in [7, 11) is 0. The molecule has 6 N–H and O–H groups in total. The number of nitrogen functional groups attached to an aromatic ring is 2. The fraction of sp³-hybridized carbons (Fsp3) is 0.438. The van der Waals surface area contributed by atoms with Crippen molar-refractivity contribution in [2.45, 2.75) is 44.9 Å². The quantitative estimate of drug-likeness (QED) is 0.249. The summed E-state index contributed by atoms with van der Waals surface area (Å²) in [5.74, 6) is -0.657. The van der Waals surface area contributed by atoms with E-state index in [0.29, 0.717) is 6.42 Å². The molecule has 0 aliphatic heterocycles. The number of carbonyl (C=O) groups is 1. The molecule has 0 saturated heterocycles. The normalized spacial score (nSPS) is 12.1. The molecule has 0 bridgehead atoms. The van der Waals surface area contributed by atoms with E-state index in [1.54, 1.807) is 0 Å². The number of fused-ring (bicyclic) bond motifs is 2. The van der Waals surface area contributed by atoms with E-state index >= 15 is 0 Å². The van der Waals surface area contributed by atoms with Crippen molar-refractivity contribution in [2.24, 2.45) is 0 Å². The van der Waals surface area contributed by atoms with Crippen LogP contribution in [0.25, 0.3) is 11.6 Å². The number of aromatic amines is 2. The van der Waals surface area contributed by atoms with Crippen molar-refractivity contribution in [3.63, 3.8) is 0 Å². The van der Waals surface area contributed by atoms with E-state index in [4.69, 9.17) is 11.5 Å². The molecule has 0 saturated carbocycles. The molecular formula is C16H20N12O3. The molecular weight excluding hydrogens is 408 g/mol. The highest BCUT2D eigenvalue weighted by atomic mass is 16.1. The SMILES string of the molecule is CCCCCC(=O)C(C)(c1nc2nnc(N)n2[nH]c1=O)c1nc2nnc(N)n2[nH]c1=O. The first-order valence-corrected chi connectivity index (χ1v) is 9.53. The van der Waals surface area contributed by atoms with E-state index in [-0.39, 0.29) is 41.3 Å². The lowest BCUT2D eigenvalue weighted by molar-refractivity contribution is -0.123. The Labute approximate surface area is 172 Å². The molecule has 0 aliphatic rings. The number of aromatic nitrogens is 10. The third-order valence-electron chi connectivity index (χ3n) is 5.13. The second-order valence-corrected chi connectivity index (χ2v) is 7.20. The molecule has 4 rings (SSSR count). The zero-order valence-corrected chi connectivity index (χ0v) is 16.8. The number of Topliss-reactive ketones (excluding diaryl/α,β-unsaturated/α-hetero) is 1. The first kappa shape index (κ1) is 20.1. The van der Waals surface area contributed by atoms with Gasteiger partial charge >= 0.3 is 0 Å². The third-order valence-corrected chi connectivity index (χ3v) is 5.13. The zero-order valence-electron chi connectivity index (χ0n) is 16.8. The van der Waals surface area contributed by atoms with Gasteiger partial charge in [-0.25, -0.2) is 9.97 Å². The molecule has 0 aliphatic carbocycles. The molecule has 0 unspecified atom stereocenters. The van der Waals surface area contributed by atoms with E-state index in [2.05, 4.69) is 40.6 Å². The Hall–Kier alpha value is -4.17. The van der Waals surface area contributed by atoms with Crippen molar-refractivity contribution < 1.29 is 4.79 Å². The van der Waals surface area contributed by atoms with Crippen molar-refractivity contribution in [1.29, 1.82) is 0 Å². The largest absolute Gasteiger partial charge is 0.366 e. The number of nitrogens with one attached hydrogen (secondary N) is 2. The summed E-state index contributed by atoms with van der Waals surface area (Å²) in [5, 5.41) is 19.8. The molecule has 0 spiro atoms. The highest BCUT2D eigenvalue weighted by molar-refractivity contribution is 5.92. The summed E-state index contributed by atoms with van der Waals surface area (Å²) in [6.45, 7) is 3.42. The van der Waals surface area contributed by atoms with Crippen molar-refractivity contribution in [3.8, 4) is 0 Å². The maximum absolute atomic E-state index is 13.4. The summed E-state index contributed by atoms with van der Waals surface area (Å²) in [5.41, 5.74) is 7.51. The number of rotatable bonds is 7. The third kappa shape index (κ3) is 3.10. The Morgan fingerprint density at radius 3 is 1.84 bits per heavy atom. The van der Waals surface area contributed by atoms with Crippen LogP contribution in [0.15, 0.2) is 9.59 Å². The number of anilines is 2. The minimum atomic E-state index is -1.81. The maximum Gasteiger partial charge on any atom is 0.286 e. The van der Waals surface area contributed by atoms with Gasteiger partial charge in [0.15, 0.2) is 5.78 Å². The Kier molecular flexibility index (Phi) is 4.71. The first-order chi connectivity index (χ1) is 14.8. The average Bonchev–Trinajstić information content (AvgIpc) is 3.28. The molecule has 0 amide bonds. The fourth-order valence-corrected chi connectivity index (χ4v) is 3.39. The Balaban J connectivity index is 1.98. The van der Waals surface area contributed by atoms with Crippen molar-refractivity contribution in [2.75, 3.05) is 11.5 Å². The smallest absolute Gasteiger partial charge is 0.286 e. The van der Waals surface area contributed by atoms with Crippen LogP contribution in [0.1, 0.15) is 50.9 Å². The van der Waals surface area contributed by atoms with E-state index in [0.717, 1.165) is 21.9 Å². The lowest BCUT2D eigenvalue weighted by Crippen LogP contribution is -2.45. The van der Waals surface area contributed by atoms with Crippen LogP contribution < -0.4 is 22.6 Å². The van der Waals surface area contributed by atoms with Gasteiger partial charge in [-0.1, -0.05) is 19.8 Å². The lowest BCUT2D eigenvalue weighted by atomic mass is 9.77. The minimum Gasteiger partial charge on any atom is -0.366 e. The van der Waals surface area contributed by atoms with Gasteiger partial charge in [0, 0.05) is 6.42 Å². The van der Waals surface area contributed by atoms with Gasteiger partial charge in [-0.3, -0.25) is 24.6 Å². The van der Waals surface area contributed by atoms with Gasteiger partial charge in [0.1, 0.15) is 16.8 Å². The second kappa shape index (κ2) is 7.26. The number of hydrogen-bond donors (Lipinski definition) is 4. The number of nitrogens with zero attached hydrogens (tertiary/aromatic N) is 8. The van der Waals surface area contributed by atoms with E-state index < -0.39 is 22.3 Å². The number of unbranched alkanes of at least 4 members (excludes halogenated alkanes) is 2. The lowest BCUT2D eigenvalue weighted by Gasteiger charge is -2.25.